The second kappa shape index (κ2) is 9.07. The Morgan fingerprint density at radius 3 is 2.68 bits per heavy atom. The van der Waals surface area contributed by atoms with Crippen molar-refractivity contribution < 1.29 is 5.21 Å². The van der Waals surface area contributed by atoms with Gasteiger partial charge in [0.05, 0.1) is 29.3 Å². The van der Waals surface area contributed by atoms with Crippen molar-refractivity contribution in [3.05, 3.63) is 90.9 Å². The van der Waals surface area contributed by atoms with Crippen LogP contribution in [-0.2, 0) is 6.54 Å². The van der Waals surface area contributed by atoms with Gasteiger partial charge in [-0.15, -0.1) is 0 Å². The molecule has 2 aromatic heterocycles. The van der Waals surface area contributed by atoms with Gasteiger partial charge in [-0.05, 0) is 54.3 Å². The minimum atomic E-state index is -0.624. The van der Waals surface area contributed by atoms with E-state index >= 15 is 0 Å². The average Bonchev–Trinajstić information content (AvgIpc) is 2.70. The van der Waals surface area contributed by atoms with E-state index in [2.05, 4.69) is 30.4 Å². The molecule has 1 atom stereocenters. The van der Waals surface area contributed by atoms with E-state index in [1.165, 1.54) is 4.57 Å². The van der Waals surface area contributed by atoms with Crippen LogP contribution in [0.5, 0.6) is 0 Å². The fourth-order valence-corrected chi connectivity index (χ4v) is 3.83. The van der Waals surface area contributed by atoms with Gasteiger partial charge in [0.2, 0.25) is 0 Å². The van der Waals surface area contributed by atoms with Gasteiger partial charge in [-0.3, -0.25) is 19.3 Å². The molecule has 8 nitrogen and oxygen atoms in total. The van der Waals surface area contributed by atoms with E-state index in [1.807, 2.05) is 20.8 Å². The lowest BCUT2D eigenvalue weighted by Gasteiger charge is -2.19. The summed E-state index contributed by atoms with van der Waals surface area (Å²) in [6, 6.07) is 10.6. The molecule has 0 aliphatic carbocycles. The third-order valence-electron chi connectivity index (χ3n) is 4.80. The van der Waals surface area contributed by atoms with E-state index in [9.17, 15) is 20.1 Å². The van der Waals surface area contributed by atoms with Crippen LogP contribution in [0, 0.1) is 18.3 Å². The number of aryl methyl sites for hydroxylation is 1. The standard InChI is InChI=1S/C22H22N5O3P/c1-12(2)18-20(19(26-30)16-7-13(3)6-15(8-16)10-23)27(22(29)25-21(18)28)11-14-4-5-24-17(31)9-14/h4-9,12,30H,11,31H2,1-3H3,(H,25,28,29)/b26-19+. The van der Waals surface area contributed by atoms with Crippen molar-refractivity contribution in [3.8, 4) is 6.07 Å². The highest BCUT2D eigenvalue weighted by molar-refractivity contribution is 7.26. The molecule has 0 saturated heterocycles. The number of oxime groups is 1. The Morgan fingerprint density at radius 1 is 1.32 bits per heavy atom. The van der Waals surface area contributed by atoms with Crippen LogP contribution in [-0.4, -0.2) is 25.5 Å². The molecule has 2 heterocycles. The quantitative estimate of drug-likeness (QED) is 0.275. The molecule has 0 aliphatic heterocycles. The van der Waals surface area contributed by atoms with Crippen LogP contribution in [0.3, 0.4) is 0 Å². The molecule has 1 unspecified atom stereocenters. The fraction of sp³-hybridized carbons (Fsp3) is 0.227. The number of aromatic amines is 1. The largest absolute Gasteiger partial charge is 0.410 e. The molecule has 31 heavy (non-hydrogen) atoms. The number of nitrogens with one attached hydrogen (secondary N) is 1. The number of hydrogen-bond donors (Lipinski definition) is 2. The van der Waals surface area contributed by atoms with Gasteiger partial charge in [0.25, 0.3) is 5.56 Å². The minimum Gasteiger partial charge on any atom is -0.410 e. The number of nitrogens with zero attached hydrogens (tertiary/aromatic N) is 4. The normalized spacial score (nSPS) is 11.5. The molecular weight excluding hydrogens is 413 g/mol. The number of aromatic nitrogens is 3. The van der Waals surface area contributed by atoms with Crippen molar-refractivity contribution in [3.63, 3.8) is 0 Å². The van der Waals surface area contributed by atoms with E-state index in [0.29, 0.717) is 22.1 Å². The fourth-order valence-electron chi connectivity index (χ4n) is 3.53. The topological polar surface area (TPSA) is 124 Å². The van der Waals surface area contributed by atoms with Crippen LogP contribution in [0.1, 0.15) is 53.3 Å². The summed E-state index contributed by atoms with van der Waals surface area (Å²) < 4.78 is 1.37. The SMILES string of the molecule is Cc1cc(C#N)cc(/C(=N\O)c2c(C(C)C)c(=O)[nH]c(=O)n2Cc2ccnc(P)c2)c1. The minimum absolute atomic E-state index is 0.0484. The predicted molar refractivity (Wildman–Crippen MR) is 121 cm³/mol. The van der Waals surface area contributed by atoms with Gasteiger partial charge in [0, 0.05) is 17.3 Å². The first kappa shape index (κ1) is 22.1. The third-order valence-corrected chi connectivity index (χ3v) is 5.12. The second-order valence-electron chi connectivity index (χ2n) is 7.50. The van der Waals surface area contributed by atoms with Crippen LogP contribution in [0.25, 0.3) is 0 Å². The summed E-state index contributed by atoms with van der Waals surface area (Å²) in [6.45, 7) is 5.58. The zero-order valence-corrected chi connectivity index (χ0v) is 18.5. The lowest BCUT2D eigenvalue weighted by Crippen LogP contribution is -2.38. The Labute approximate surface area is 181 Å². The Hall–Kier alpha value is -3.56. The lowest BCUT2D eigenvalue weighted by atomic mass is 9.94. The molecule has 3 rings (SSSR count). The maximum atomic E-state index is 12.9. The van der Waals surface area contributed by atoms with E-state index in [1.54, 1.807) is 36.5 Å². The first-order chi connectivity index (χ1) is 14.7. The Morgan fingerprint density at radius 2 is 2.06 bits per heavy atom. The number of nitriles is 1. The Kier molecular flexibility index (Phi) is 6.47. The molecule has 0 bridgehead atoms. The molecule has 0 aliphatic rings. The molecule has 0 fully saturated rings. The van der Waals surface area contributed by atoms with Crippen molar-refractivity contribution in [2.75, 3.05) is 0 Å². The van der Waals surface area contributed by atoms with Gasteiger partial charge < -0.3 is 5.21 Å². The Balaban J connectivity index is 2.35. The highest BCUT2D eigenvalue weighted by atomic mass is 31.0. The summed E-state index contributed by atoms with van der Waals surface area (Å²) in [5.41, 5.74) is 2.48. The summed E-state index contributed by atoms with van der Waals surface area (Å²) >= 11 is 0. The average molecular weight is 435 g/mol. The van der Waals surface area contributed by atoms with Gasteiger partial charge in [0.1, 0.15) is 5.71 Å². The molecule has 9 heteroatoms. The van der Waals surface area contributed by atoms with Crippen LogP contribution >= 0.6 is 9.24 Å². The summed E-state index contributed by atoms with van der Waals surface area (Å²) in [4.78, 5) is 32.1. The van der Waals surface area contributed by atoms with E-state index < -0.39 is 11.2 Å². The summed E-state index contributed by atoms with van der Waals surface area (Å²) in [5.74, 6) is -0.266. The molecule has 0 saturated carbocycles. The van der Waals surface area contributed by atoms with Crippen molar-refractivity contribution in [2.24, 2.45) is 5.16 Å². The van der Waals surface area contributed by atoms with Crippen LogP contribution in [0.15, 0.2) is 51.3 Å². The first-order valence-electron chi connectivity index (χ1n) is 9.57. The van der Waals surface area contributed by atoms with Gasteiger partial charge >= 0.3 is 5.69 Å². The summed E-state index contributed by atoms with van der Waals surface area (Å²) in [6.07, 6.45) is 1.62. The summed E-state index contributed by atoms with van der Waals surface area (Å²) in [5, 5.41) is 22.8. The molecule has 0 radical (unpaired) electrons. The third kappa shape index (κ3) is 4.62. The molecule has 0 amide bonds. The maximum Gasteiger partial charge on any atom is 0.329 e. The predicted octanol–water partition coefficient (Wildman–Crippen LogP) is 2.01. The molecule has 158 valence electrons. The van der Waals surface area contributed by atoms with Gasteiger partial charge in [-0.2, -0.15) is 5.26 Å². The monoisotopic (exact) mass is 435 g/mol. The van der Waals surface area contributed by atoms with Crippen molar-refractivity contribution in [2.45, 2.75) is 33.2 Å². The van der Waals surface area contributed by atoms with Crippen LogP contribution in [0.2, 0.25) is 0 Å². The van der Waals surface area contributed by atoms with E-state index in [-0.39, 0.29) is 23.9 Å². The number of pyridine rings is 1. The summed E-state index contributed by atoms with van der Waals surface area (Å²) in [7, 11) is 2.50. The second-order valence-corrected chi connectivity index (χ2v) is 8.09. The van der Waals surface area contributed by atoms with Gasteiger partial charge in [-0.1, -0.05) is 28.2 Å². The molecule has 2 N–H and O–H groups in total. The van der Waals surface area contributed by atoms with Crippen LogP contribution < -0.4 is 16.7 Å². The smallest absolute Gasteiger partial charge is 0.329 e. The molecule has 0 spiro atoms. The highest BCUT2D eigenvalue weighted by Crippen LogP contribution is 2.21. The molecule has 1 aromatic carbocycles. The molecular formula is C22H22N5O3P. The van der Waals surface area contributed by atoms with Crippen molar-refractivity contribution in [1.82, 2.24) is 14.5 Å². The van der Waals surface area contributed by atoms with E-state index in [0.717, 1.165) is 11.1 Å². The molecule has 3 aromatic rings. The van der Waals surface area contributed by atoms with Gasteiger partial charge in [-0.25, -0.2) is 4.79 Å². The van der Waals surface area contributed by atoms with Crippen molar-refractivity contribution >= 4 is 20.4 Å². The maximum absolute atomic E-state index is 12.9. The number of hydrogen-bond acceptors (Lipinski definition) is 6. The van der Waals surface area contributed by atoms with Crippen LogP contribution in [0.4, 0.5) is 0 Å². The zero-order chi connectivity index (χ0) is 22.7. The van der Waals surface area contributed by atoms with Gasteiger partial charge in [0.15, 0.2) is 0 Å². The lowest BCUT2D eigenvalue weighted by molar-refractivity contribution is 0.319. The highest BCUT2D eigenvalue weighted by Gasteiger charge is 2.24. The number of H-pyrrole nitrogens is 1. The number of rotatable bonds is 5. The zero-order valence-electron chi connectivity index (χ0n) is 17.4. The number of benzene rings is 1. The first-order valence-corrected chi connectivity index (χ1v) is 10.1. The van der Waals surface area contributed by atoms with Crippen molar-refractivity contribution in [1.29, 1.82) is 5.26 Å². The Bertz CT molecular complexity index is 1330. The van der Waals surface area contributed by atoms with E-state index in [4.69, 9.17) is 0 Å².